The van der Waals surface area contributed by atoms with Crippen LogP contribution >= 0.6 is 0 Å². The molecule has 2 heteroatoms. The molecule has 0 saturated carbocycles. The molecule has 1 radical (unpaired) electrons. The molecule has 1 rings (SSSR count). The first kappa shape index (κ1) is 8.02. The minimum atomic E-state index is -0.174. The average molecular weight is 142 g/mol. The van der Waals surface area contributed by atoms with Crippen LogP contribution in [0.3, 0.4) is 0 Å². The molecule has 0 bridgehead atoms. The average Bonchev–Trinajstić information content (AvgIpc) is 1.94. The van der Waals surface area contributed by atoms with Gasteiger partial charge < -0.3 is 0 Å². The summed E-state index contributed by atoms with van der Waals surface area (Å²) in [6, 6.07) is 0. The zero-order valence-corrected chi connectivity index (χ0v) is 7.27. The second kappa shape index (κ2) is 1.95. The van der Waals surface area contributed by atoms with Crippen LogP contribution in [0.2, 0.25) is 0 Å². The van der Waals surface area contributed by atoms with Crippen LogP contribution in [-0.2, 0) is 5.21 Å². The van der Waals surface area contributed by atoms with E-state index in [-0.39, 0.29) is 11.0 Å². The van der Waals surface area contributed by atoms with Crippen molar-refractivity contribution in [3.8, 4) is 0 Å². The lowest BCUT2D eigenvalue weighted by Gasteiger charge is -2.36. The highest BCUT2D eigenvalue weighted by Crippen LogP contribution is 2.43. The molecular formula is C8H16NO. The molecule has 2 nitrogen and oxygen atoms in total. The first-order chi connectivity index (χ1) is 4.38. The summed E-state index contributed by atoms with van der Waals surface area (Å²) in [4.78, 5) is 0. The maximum absolute atomic E-state index is 11.2. The van der Waals surface area contributed by atoms with E-state index < -0.39 is 0 Å². The Hall–Kier alpha value is -0.0800. The third-order valence-electron chi connectivity index (χ3n) is 3.22. The Morgan fingerprint density at radius 1 is 1.20 bits per heavy atom. The van der Waals surface area contributed by atoms with Crippen molar-refractivity contribution in [2.75, 3.05) is 6.54 Å². The maximum Gasteiger partial charge on any atom is 0.0488 e. The lowest BCUT2D eigenvalue weighted by atomic mass is 9.76. The minimum absolute atomic E-state index is 0.174. The summed E-state index contributed by atoms with van der Waals surface area (Å²) in [5.41, 5.74) is 0.00174. The van der Waals surface area contributed by atoms with Crippen LogP contribution in [-0.4, -0.2) is 17.1 Å². The molecule has 1 aliphatic heterocycles. The van der Waals surface area contributed by atoms with Gasteiger partial charge in [-0.25, -0.2) is 0 Å². The predicted octanol–water partition coefficient (Wildman–Crippen LogP) is 1.84. The summed E-state index contributed by atoms with van der Waals surface area (Å²) in [5.74, 6) is 0. The van der Waals surface area contributed by atoms with Gasteiger partial charge in [-0.3, -0.25) is 0 Å². The van der Waals surface area contributed by atoms with Gasteiger partial charge >= 0.3 is 0 Å². The van der Waals surface area contributed by atoms with Gasteiger partial charge in [0, 0.05) is 12.1 Å². The standard InChI is InChI=1S/C8H16NO/c1-7(2)5-6-9(10)8(7,3)4/h5-6H2,1-4H3. The molecule has 1 fully saturated rings. The van der Waals surface area contributed by atoms with Gasteiger partial charge in [0.2, 0.25) is 0 Å². The molecule has 0 spiro atoms. The van der Waals surface area contributed by atoms with Crippen LogP contribution in [0.4, 0.5) is 0 Å². The highest BCUT2D eigenvalue weighted by molar-refractivity contribution is 4.97. The van der Waals surface area contributed by atoms with E-state index >= 15 is 0 Å². The Labute approximate surface area is 62.8 Å². The summed E-state index contributed by atoms with van der Waals surface area (Å²) < 4.78 is 0. The van der Waals surface area contributed by atoms with Crippen LogP contribution in [0.25, 0.3) is 0 Å². The SMILES string of the molecule is CC1(C)CCN([O])C1(C)C. The zero-order chi connectivity index (χ0) is 7.99. The number of hydrogen-bond donors (Lipinski definition) is 0. The fraction of sp³-hybridized carbons (Fsp3) is 1.00. The third kappa shape index (κ3) is 0.867. The number of nitrogens with zero attached hydrogens (tertiary/aromatic N) is 1. The first-order valence-corrected chi connectivity index (χ1v) is 3.83. The predicted molar refractivity (Wildman–Crippen MR) is 39.9 cm³/mol. The van der Waals surface area contributed by atoms with E-state index in [1.165, 1.54) is 5.06 Å². The topological polar surface area (TPSA) is 23.1 Å². The van der Waals surface area contributed by atoms with Crippen LogP contribution in [0.1, 0.15) is 34.1 Å². The maximum atomic E-state index is 11.2. The molecule has 0 amide bonds. The Morgan fingerprint density at radius 3 is 1.80 bits per heavy atom. The van der Waals surface area contributed by atoms with E-state index in [1.54, 1.807) is 0 Å². The van der Waals surface area contributed by atoms with E-state index in [1.807, 2.05) is 13.8 Å². The summed E-state index contributed by atoms with van der Waals surface area (Å²) in [5, 5.41) is 12.4. The van der Waals surface area contributed by atoms with Gasteiger partial charge in [0.1, 0.15) is 0 Å². The van der Waals surface area contributed by atoms with Crippen LogP contribution in [0.15, 0.2) is 0 Å². The largest absolute Gasteiger partial charge is 0.149 e. The van der Waals surface area contributed by atoms with Crippen LogP contribution < -0.4 is 0 Å². The summed E-state index contributed by atoms with van der Waals surface area (Å²) in [6.07, 6.45) is 1.02. The monoisotopic (exact) mass is 142 g/mol. The van der Waals surface area contributed by atoms with Gasteiger partial charge in [-0.2, -0.15) is 0 Å². The lowest BCUT2D eigenvalue weighted by molar-refractivity contribution is -0.209. The second-order valence-corrected chi connectivity index (χ2v) is 4.30. The highest BCUT2D eigenvalue weighted by atomic mass is 16.5. The van der Waals surface area contributed by atoms with Crippen molar-refractivity contribution in [2.45, 2.75) is 39.7 Å². The molecule has 1 saturated heterocycles. The summed E-state index contributed by atoms with van der Waals surface area (Å²) >= 11 is 0. The van der Waals surface area contributed by atoms with Crippen molar-refractivity contribution < 1.29 is 5.21 Å². The van der Waals surface area contributed by atoms with Gasteiger partial charge in [-0.05, 0) is 25.7 Å². The molecule has 0 atom stereocenters. The fourth-order valence-electron chi connectivity index (χ4n) is 1.30. The van der Waals surface area contributed by atoms with E-state index in [9.17, 15) is 5.21 Å². The molecule has 59 valence electrons. The zero-order valence-electron chi connectivity index (χ0n) is 7.27. The molecular weight excluding hydrogens is 126 g/mol. The van der Waals surface area contributed by atoms with Gasteiger partial charge in [-0.15, -0.1) is 10.3 Å². The normalized spacial score (nSPS) is 30.9. The Bertz CT molecular complexity index is 140. The van der Waals surface area contributed by atoms with Crippen LogP contribution in [0.5, 0.6) is 0 Å². The van der Waals surface area contributed by atoms with E-state index in [0.29, 0.717) is 6.54 Å². The third-order valence-corrected chi connectivity index (χ3v) is 3.22. The van der Waals surface area contributed by atoms with Crippen molar-refractivity contribution in [1.82, 2.24) is 5.06 Å². The molecule has 0 aromatic carbocycles. The Morgan fingerprint density at radius 2 is 1.70 bits per heavy atom. The van der Waals surface area contributed by atoms with Gasteiger partial charge in [0.25, 0.3) is 0 Å². The molecule has 0 unspecified atom stereocenters. The van der Waals surface area contributed by atoms with Gasteiger partial charge in [0.05, 0.1) is 0 Å². The van der Waals surface area contributed by atoms with Crippen molar-refractivity contribution in [1.29, 1.82) is 0 Å². The summed E-state index contributed by atoms with van der Waals surface area (Å²) in [6.45, 7) is 9.05. The van der Waals surface area contributed by atoms with Crippen molar-refractivity contribution in [2.24, 2.45) is 5.41 Å². The van der Waals surface area contributed by atoms with Gasteiger partial charge in [-0.1, -0.05) is 13.8 Å². The van der Waals surface area contributed by atoms with Crippen molar-refractivity contribution in [3.05, 3.63) is 0 Å². The number of hydroxylamine groups is 2. The van der Waals surface area contributed by atoms with E-state index in [2.05, 4.69) is 13.8 Å². The Kier molecular flexibility index (Phi) is 1.57. The molecule has 0 N–H and O–H groups in total. The molecule has 1 heterocycles. The lowest BCUT2D eigenvalue weighted by Crippen LogP contribution is -2.43. The Balaban J connectivity index is 2.84. The first-order valence-electron chi connectivity index (χ1n) is 3.83. The summed E-state index contributed by atoms with van der Waals surface area (Å²) in [7, 11) is 0. The molecule has 1 aliphatic rings. The number of hydrogen-bond acceptors (Lipinski definition) is 1. The van der Waals surface area contributed by atoms with Crippen molar-refractivity contribution >= 4 is 0 Å². The van der Waals surface area contributed by atoms with E-state index in [0.717, 1.165) is 6.42 Å². The van der Waals surface area contributed by atoms with Crippen LogP contribution in [0, 0.1) is 5.41 Å². The van der Waals surface area contributed by atoms with Gasteiger partial charge in [0.15, 0.2) is 0 Å². The number of rotatable bonds is 0. The molecule has 10 heavy (non-hydrogen) atoms. The quantitative estimate of drug-likeness (QED) is 0.506. The minimum Gasteiger partial charge on any atom is -0.149 e. The highest BCUT2D eigenvalue weighted by Gasteiger charge is 2.47. The van der Waals surface area contributed by atoms with E-state index in [4.69, 9.17) is 0 Å². The van der Waals surface area contributed by atoms with Crippen molar-refractivity contribution in [3.63, 3.8) is 0 Å². The fourth-order valence-corrected chi connectivity index (χ4v) is 1.30. The molecule has 0 aliphatic carbocycles. The second-order valence-electron chi connectivity index (χ2n) is 4.30. The smallest absolute Gasteiger partial charge is 0.0488 e. The molecule has 0 aromatic heterocycles. The molecule has 0 aromatic rings.